The van der Waals surface area contributed by atoms with Crippen LogP contribution in [-0.2, 0) is 28.9 Å². The van der Waals surface area contributed by atoms with Gasteiger partial charge in [0.25, 0.3) is 11.8 Å². The van der Waals surface area contributed by atoms with E-state index in [1.807, 2.05) is 0 Å². The van der Waals surface area contributed by atoms with Crippen LogP contribution < -0.4 is 22.4 Å². The summed E-state index contributed by atoms with van der Waals surface area (Å²) in [6, 6.07) is -0.917. The molecule has 2 fully saturated rings. The van der Waals surface area contributed by atoms with E-state index in [-0.39, 0.29) is 24.7 Å². The Morgan fingerprint density at radius 1 is 0.955 bits per heavy atom. The molecule has 0 bridgehead atoms. The fourth-order valence-corrected chi connectivity index (χ4v) is 0.922. The molecule has 22 heavy (non-hydrogen) atoms. The number of nitrogens with two attached hydrogens (primary N) is 2. The fraction of sp³-hybridized carbons (Fsp3) is 0.600. The van der Waals surface area contributed by atoms with Gasteiger partial charge in [-0.2, -0.15) is 0 Å². The number of nitrogens with one attached hydrogen (secondary N) is 2. The van der Waals surface area contributed by atoms with Gasteiger partial charge in [0.2, 0.25) is 0 Å². The monoisotopic (exact) mass is 322 g/mol. The third-order valence-corrected chi connectivity index (χ3v) is 2.10. The van der Waals surface area contributed by atoms with Crippen LogP contribution in [0.25, 0.3) is 0 Å². The molecule has 2 aliphatic heterocycles. The largest absolute Gasteiger partial charge is 0.481 e. The predicted octanol–water partition coefficient (Wildman–Crippen LogP) is -3.31. The van der Waals surface area contributed by atoms with Gasteiger partial charge >= 0.3 is 11.9 Å². The lowest BCUT2D eigenvalue weighted by molar-refractivity contribution is -0.143. The smallest absolute Gasteiger partial charge is 0.303 e. The maximum absolute atomic E-state index is 10.2. The highest BCUT2D eigenvalue weighted by Gasteiger charge is 2.20. The van der Waals surface area contributed by atoms with Crippen molar-refractivity contribution < 1.29 is 39.1 Å². The fourth-order valence-electron chi connectivity index (χ4n) is 0.922. The molecule has 12 nitrogen and oxygen atoms in total. The number of hydrogen-bond acceptors (Lipinski definition) is 8. The molecule has 0 aromatic rings. The first-order valence-electron chi connectivity index (χ1n) is 6.02. The topological polar surface area (TPSA) is 203 Å². The lowest BCUT2D eigenvalue weighted by Gasteiger charge is -1.87. The van der Waals surface area contributed by atoms with Crippen molar-refractivity contribution >= 4 is 23.8 Å². The molecule has 2 atom stereocenters. The number of hydrogen-bond donors (Lipinski definition) is 6. The quantitative estimate of drug-likeness (QED) is 0.305. The normalized spacial score (nSPS) is 22.5. The molecule has 0 spiro atoms. The number of rotatable bonds is 3. The van der Waals surface area contributed by atoms with Crippen LogP contribution in [0, 0.1) is 0 Å². The lowest BCUT2D eigenvalue weighted by atomic mass is 10.3. The standard InChI is InChI=1S/C4H6O4.2C3H6N2O2/c5-3(6)1-2-4(7)8;2*4-2-1-7-5-3(2)6/h1-2H2,(H,5,6)(H,7,8);2*2H,1,4H2,(H,5,6)/t;2*2-/m.00/s1. The van der Waals surface area contributed by atoms with Crippen molar-refractivity contribution in [3.8, 4) is 0 Å². The van der Waals surface area contributed by atoms with E-state index in [0.717, 1.165) is 0 Å². The van der Waals surface area contributed by atoms with Crippen LogP contribution in [0.3, 0.4) is 0 Å². The SMILES string of the molecule is N[C@H]1CONC1=O.N[C@H]1CONC1=O.O=C(O)CCC(=O)O. The molecular formula is C10H18N4O8. The van der Waals surface area contributed by atoms with Crippen LogP contribution in [-0.4, -0.2) is 59.3 Å². The summed E-state index contributed by atoms with van der Waals surface area (Å²) in [6.45, 7) is 0.581. The van der Waals surface area contributed by atoms with Crippen molar-refractivity contribution in [2.24, 2.45) is 11.5 Å². The Kier molecular flexibility index (Phi) is 9.36. The molecule has 2 saturated heterocycles. The van der Waals surface area contributed by atoms with Gasteiger partial charge in [0.15, 0.2) is 0 Å². The summed E-state index contributed by atoms with van der Waals surface area (Å²) in [5.41, 5.74) is 14.5. The van der Waals surface area contributed by atoms with Crippen molar-refractivity contribution in [2.75, 3.05) is 13.2 Å². The minimum absolute atomic E-state index is 0.236. The molecule has 0 unspecified atom stereocenters. The highest BCUT2D eigenvalue weighted by molar-refractivity contribution is 5.82. The van der Waals surface area contributed by atoms with Crippen molar-refractivity contribution in [3.05, 3.63) is 0 Å². The molecule has 0 saturated carbocycles. The molecule has 126 valence electrons. The number of carboxylic acid groups (broad SMARTS) is 2. The first-order valence-corrected chi connectivity index (χ1v) is 6.02. The maximum Gasteiger partial charge on any atom is 0.303 e. The second kappa shape index (κ2) is 10.4. The summed E-state index contributed by atoms with van der Waals surface area (Å²) >= 11 is 0. The molecule has 0 aliphatic carbocycles. The lowest BCUT2D eigenvalue weighted by Crippen LogP contribution is -2.31. The number of amides is 2. The van der Waals surface area contributed by atoms with E-state index in [1.165, 1.54) is 0 Å². The van der Waals surface area contributed by atoms with Crippen LogP contribution in [0.5, 0.6) is 0 Å². The van der Waals surface area contributed by atoms with Crippen molar-refractivity contribution in [1.29, 1.82) is 0 Å². The van der Waals surface area contributed by atoms with Gasteiger partial charge in [-0.05, 0) is 0 Å². The van der Waals surface area contributed by atoms with E-state index in [4.69, 9.17) is 21.7 Å². The zero-order valence-electron chi connectivity index (χ0n) is 11.5. The van der Waals surface area contributed by atoms with E-state index in [2.05, 4.69) is 20.6 Å². The molecule has 2 heterocycles. The highest BCUT2D eigenvalue weighted by Crippen LogP contribution is 1.88. The maximum atomic E-state index is 10.2. The third-order valence-electron chi connectivity index (χ3n) is 2.10. The van der Waals surface area contributed by atoms with Gasteiger partial charge in [0, 0.05) is 0 Å². The van der Waals surface area contributed by atoms with Gasteiger partial charge in [-0.1, -0.05) is 0 Å². The third kappa shape index (κ3) is 9.60. The van der Waals surface area contributed by atoms with Crippen LogP contribution in [0.15, 0.2) is 0 Å². The van der Waals surface area contributed by atoms with Crippen molar-refractivity contribution in [2.45, 2.75) is 24.9 Å². The average Bonchev–Trinajstić information content (AvgIpc) is 2.99. The van der Waals surface area contributed by atoms with Gasteiger partial charge in [-0.15, -0.1) is 0 Å². The molecular weight excluding hydrogens is 304 g/mol. The molecule has 2 rings (SSSR count). The van der Waals surface area contributed by atoms with Crippen LogP contribution in [0.2, 0.25) is 0 Å². The van der Waals surface area contributed by atoms with E-state index < -0.39 is 24.0 Å². The zero-order valence-corrected chi connectivity index (χ0v) is 11.5. The Labute approximate surface area is 124 Å². The van der Waals surface area contributed by atoms with Crippen molar-refractivity contribution in [3.63, 3.8) is 0 Å². The molecule has 12 heteroatoms. The Hall–Kier alpha value is -2.28. The van der Waals surface area contributed by atoms with E-state index in [9.17, 15) is 19.2 Å². The Balaban J connectivity index is 0.000000301. The van der Waals surface area contributed by atoms with E-state index >= 15 is 0 Å². The molecule has 0 aromatic carbocycles. The van der Waals surface area contributed by atoms with Gasteiger partial charge in [-0.25, -0.2) is 11.0 Å². The Morgan fingerprint density at radius 3 is 1.36 bits per heavy atom. The molecule has 0 radical (unpaired) electrons. The summed E-state index contributed by atoms with van der Waals surface area (Å²) in [4.78, 5) is 48.6. The summed E-state index contributed by atoms with van der Waals surface area (Å²) in [7, 11) is 0. The highest BCUT2D eigenvalue weighted by atomic mass is 16.7. The van der Waals surface area contributed by atoms with Crippen LogP contribution in [0.4, 0.5) is 0 Å². The summed E-state index contributed by atoms with van der Waals surface area (Å²) in [6.07, 6.45) is -0.593. The predicted molar refractivity (Wildman–Crippen MR) is 68.6 cm³/mol. The molecule has 2 amide bonds. The first-order chi connectivity index (χ1) is 10.2. The average molecular weight is 322 g/mol. The molecule has 8 N–H and O–H groups in total. The number of hydroxylamine groups is 2. The van der Waals surface area contributed by atoms with Crippen molar-refractivity contribution in [1.82, 2.24) is 11.0 Å². The van der Waals surface area contributed by atoms with Crippen LogP contribution in [0.1, 0.15) is 12.8 Å². The molecule has 2 aliphatic rings. The Morgan fingerprint density at radius 2 is 1.27 bits per heavy atom. The summed E-state index contributed by atoms with van der Waals surface area (Å²) in [5.74, 6) is -2.63. The minimum atomic E-state index is -1.08. The second-order valence-electron chi connectivity index (χ2n) is 4.06. The minimum Gasteiger partial charge on any atom is -0.481 e. The Bertz CT molecular complexity index is 378. The number of carbonyl (C=O) groups excluding carboxylic acids is 2. The number of aliphatic carboxylic acids is 2. The van der Waals surface area contributed by atoms with Gasteiger partial charge in [0.1, 0.15) is 12.1 Å². The van der Waals surface area contributed by atoms with E-state index in [0.29, 0.717) is 13.2 Å². The first kappa shape index (κ1) is 19.7. The zero-order chi connectivity index (χ0) is 17.1. The van der Waals surface area contributed by atoms with Crippen LogP contribution >= 0.6 is 0 Å². The summed E-state index contributed by atoms with van der Waals surface area (Å²) < 4.78 is 0. The van der Waals surface area contributed by atoms with E-state index in [1.54, 1.807) is 0 Å². The van der Waals surface area contributed by atoms with Gasteiger partial charge < -0.3 is 21.7 Å². The molecule has 0 aromatic heterocycles. The second-order valence-corrected chi connectivity index (χ2v) is 4.06. The van der Waals surface area contributed by atoms with Gasteiger partial charge in [0.05, 0.1) is 26.1 Å². The van der Waals surface area contributed by atoms with Gasteiger partial charge in [-0.3, -0.25) is 28.9 Å². The number of carboxylic acids is 2. The number of carbonyl (C=O) groups is 4. The summed E-state index contributed by atoms with van der Waals surface area (Å²) in [5, 5.41) is 15.8.